The highest BCUT2D eigenvalue weighted by Gasteiger charge is 2.40. The van der Waals surface area contributed by atoms with Crippen LogP contribution in [0.2, 0.25) is 0 Å². The van der Waals surface area contributed by atoms with Gasteiger partial charge in [0.15, 0.2) is 9.84 Å². The lowest BCUT2D eigenvalue weighted by atomic mass is 9.91. The summed E-state index contributed by atoms with van der Waals surface area (Å²) in [5.74, 6) is -1.82. The second-order valence-corrected chi connectivity index (χ2v) is 17.3. The fourth-order valence-electron chi connectivity index (χ4n) is 6.62. The predicted octanol–water partition coefficient (Wildman–Crippen LogP) is 3.86. The van der Waals surface area contributed by atoms with E-state index in [2.05, 4.69) is 10.2 Å². The van der Waals surface area contributed by atoms with Crippen molar-refractivity contribution in [2.45, 2.75) is 75.7 Å². The maximum atomic E-state index is 13.5. The monoisotopic (exact) mass is 662 g/mol. The molecule has 12 heteroatoms. The molecule has 2 fully saturated rings. The summed E-state index contributed by atoms with van der Waals surface area (Å²) in [6, 6.07) is 11.5. The molecule has 2 aromatic rings. The molecular weight excluding hydrogens is 617 g/mol. The van der Waals surface area contributed by atoms with Gasteiger partial charge in [-0.25, -0.2) is 21.6 Å². The summed E-state index contributed by atoms with van der Waals surface area (Å²) in [5.41, 5.74) is 3.47. The van der Waals surface area contributed by atoms with E-state index >= 15 is 0 Å². The molecule has 2 aliphatic rings. The first-order valence-corrected chi connectivity index (χ1v) is 19.4. The van der Waals surface area contributed by atoms with E-state index in [1.54, 1.807) is 19.2 Å². The van der Waals surface area contributed by atoms with Gasteiger partial charge in [-0.2, -0.15) is 0 Å². The Bertz CT molecular complexity index is 1570. The minimum atomic E-state index is -3.42. The molecule has 0 radical (unpaired) electrons. The lowest BCUT2D eigenvalue weighted by Crippen LogP contribution is -2.42. The molecule has 1 aliphatic heterocycles. The van der Waals surface area contributed by atoms with Crippen LogP contribution in [0.1, 0.15) is 66.4 Å². The number of carboxylic acids is 1. The zero-order valence-corrected chi connectivity index (χ0v) is 28.0. The van der Waals surface area contributed by atoms with Crippen molar-refractivity contribution in [1.82, 2.24) is 10.2 Å². The molecule has 45 heavy (non-hydrogen) atoms. The molecule has 10 nitrogen and oxygen atoms in total. The number of methoxy groups -OCH3 is 1. The first kappa shape index (κ1) is 35.1. The predicted molar refractivity (Wildman–Crippen MR) is 175 cm³/mol. The van der Waals surface area contributed by atoms with E-state index in [1.165, 1.54) is 6.42 Å². The fourth-order valence-corrected chi connectivity index (χ4v) is 9.48. The number of benzene rings is 2. The lowest BCUT2D eigenvalue weighted by Gasteiger charge is -2.25. The van der Waals surface area contributed by atoms with Gasteiger partial charge in [0.2, 0.25) is 0 Å². The number of aliphatic carboxylic acids is 1. The second-order valence-electron chi connectivity index (χ2n) is 12.7. The van der Waals surface area contributed by atoms with Crippen molar-refractivity contribution in [2.24, 2.45) is 5.92 Å². The molecule has 4 rings (SSSR count). The Morgan fingerprint density at radius 1 is 1.04 bits per heavy atom. The zero-order valence-electron chi connectivity index (χ0n) is 26.4. The Hall–Kier alpha value is -2.80. The highest BCUT2D eigenvalue weighted by atomic mass is 32.2. The highest BCUT2D eigenvalue weighted by molar-refractivity contribution is 7.92. The van der Waals surface area contributed by atoms with Crippen LogP contribution < -0.4 is 5.32 Å². The van der Waals surface area contributed by atoms with Crippen LogP contribution in [-0.2, 0) is 35.8 Å². The number of carboxylic acid groups (broad SMARTS) is 1. The van der Waals surface area contributed by atoms with Crippen LogP contribution in [0.25, 0.3) is 11.1 Å². The van der Waals surface area contributed by atoms with E-state index in [-0.39, 0.29) is 35.4 Å². The van der Waals surface area contributed by atoms with Gasteiger partial charge >= 0.3 is 5.97 Å². The number of nitrogens with one attached hydrogen (secondary N) is 1. The number of nitrogens with zero attached hydrogens (tertiary/aromatic N) is 1. The van der Waals surface area contributed by atoms with Crippen molar-refractivity contribution in [2.75, 3.05) is 38.0 Å². The highest BCUT2D eigenvalue weighted by Crippen LogP contribution is 2.33. The van der Waals surface area contributed by atoms with Crippen LogP contribution in [0.4, 0.5) is 0 Å². The quantitative estimate of drug-likeness (QED) is 0.308. The summed E-state index contributed by atoms with van der Waals surface area (Å²) < 4.78 is 55.8. The SMILES string of the molecule is COC[C@H]1C[C@@H](S(=O)(=O)CC2CCCCC2)CN1Cc1ccc(C(=O)N[C@H](CCS(C)(=O)=O)C(=O)O)c(-c2ccccc2C)c1. The third-order valence-electron chi connectivity index (χ3n) is 9.08. The maximum absolute atomic E-state index is 13.5. The summed E-state index contributed by atoms with van der Waals surface area (Å²) in [5, 5.41) is 11.7. The summed E-state index contributed by atoms with van der Waals surface area (Å²) in [7, 11) is -5.08. The summed E-state index contributed by atoms with van der Waals surface area (Å²) in [4.78, 5) is 27.5. The molecule has 2 aromatic carbocycles. The van der Waals surface area contributed by atoms with E-state index in [1.807, 2.05) is 37.3 Å². The van der Waals surface area contributed by atoms with Crippen LogP contribution >= 0.6 is 0 Å². The van der Waals surface area contributed by atoms with Gasteiger partial charge < -0.3 is 15.2 Å². The molecule has 1 aliphatic carbocycles. The molecule has 2 N–H and O–H groups in total. The molecule has 0 unspecified atom stereocenters. The Morgan fingerprint density at radius 3 is 2.40 bits per heavy atom. The van der Waals surface area contributed by atoms with Crippen molar-refractivity contribution in [3.8, 4) is 11.1 Å². The van der Waals surface area contributed by atoms with Crippen LogP contribution in [0, 0.1) is 12.8 Å². The zero-order chi connectivity index (χ0) is 32.8. The standard InChI is InChI=1S/C33H46N2O8S2/c1-23-9-7-8-12-28(23)30-17-25(13-14-29(30)32(36)34-31(33(37)38)15-16-44(3,39)40)19-35-20-27(18-26(35)21-43-2)45(41,42)22-24-10-5-4-6-11-24/h7-9,12-14,17,24,26-27,31H,4-6,10-11,15-16,18-22H2,1-3H3,(H,34,36)(H,37,38)/t26-,27-,31-/m1/s1. The van der Waals surface area contributed by atoms with Crippen molar-refractivity contribution < 1.29 is 36.3 Å². The molecule has 0 bridgehead atoms. The van der Waals surface area contributed by atoms with Crippen molar-refractivity contribution >= 4 is 31.6 Å². The number of aryl methyl sites for hydroxylation is 1. The average molecular weight is 663 g/mol. The Balaban J connectivity index is 1.59. The molecule has 1 saturated heterocycles. The molecule has 0 aromatic heterocycles. The van der Waals surface area contributed by atoms with Crippen LogP contribution in [0.3, 0.4) is 0 Å². The van der Waals surface area contributed by atoms with E-state index in [0.29, 0.717) is 31.7 Å². The Kier molecular flexibility index (Phi) is 11.8. The minimum absolute atomic E-state index is 0.0720. The van der Waals surface area contributed by atoms with Crippen molar-refractivity contribution in [3.63, 3.8) is 0 Å². The van der Waals surface area contributed by atoms with E-state index < -0.39 is 42.8 Å². The number of carbonyl (C=O) groups is 2. The Morgan fingerprint density at radius 2 is 1.76 bits per heavy atom. The van der Waals surface area contributed by atoms with Gasteiger partial charge in [-0.05, 0) is 72.9 Å². The van der Waals surface area contributed by atoms with E-state index in [0.717, 1.165) is 48.6 Å². The smallest absolute Gasteiger partial charge is 0.326 e. The fraction of sp³-hybridized carbons (Fsp3) is 0.576. The normalized spacial score (nSPS) is 20.6. The molecule has 0 spiro atoms. The number of ether oxygens (including phenoxy) is 1. The molecule has 1 heterocycles. The molecule has 248 valence electrons. The van der Waals surface area contributed by atoms with Gasteiger partial charge in [0.25, 0.3) is 5.91 Å². The van der Waals surface area contributed by atoms with Gasteiger partial charge in [0.05, 0.1) is 23.4 Å². The van der Waals surface area contributed by atoms with E-state index in [9.17, 15) is 31.5 Å². The first-order chi connectivity index (χ1) is 21.3. The van der Waals surface area contributed by atoms with E-state index in [4.69, 9.17) is 4.74 Å². The average Bonchev–Trinajstić information content (AvgIpc) is 3.38. The first-order valence-electron chi connectivity index (χ1n) is 15.6. The van der Waals surface area contributed by atoms with Gasteiger partial charge in [-0.3, -0.25) is 9.69 Å². The van der Waals surface area contributed by atoms with Gasteiger partial charge in [-0.1, -0.05) is 49.6 Å². The van der Waals surface area contributed by atoms with Crippen LogP contribution in [-0.4, -0.2) is 94.1 Å². The summed E-state index contributed by atoms with van der Waals surface area (Å²) in [6.07, 6.45) is 6.60. The molecule has 1 amide bonds. The third kappa shape index (κ3) is 9.60. The largest absolute Gasteiger partial charge is 0.480 e. The van der Waals surface area contributed by atoms with Gasteiger partial charge in [-0.15, -0.1) is 0 Å². The number of hydrogen-bond acceptors (Lipinski definition) is 8. The lowest BCUT2D eigenvalue weighted by molar-refractivity contribution is -0.139. The number of rotatable bonds is 14. The second kappa shape index (κ2) is 15.2. The van der Waals surface area contributed by atoms with Crippen LogP contribution in [0.15, 0.2) is 42.5 Å². The Labute approximate surface area is 267 Å². The summed E-state index contributed by atoms with van der Waals surface area (Å²) >= 11 is 0. The number of likely N-dealkylation sites (tertiary alicyclic amines) is 1. The molecule has 3 atom stereocenters. The van der Waals surface area contributed by atoms with Crippen LogP contribution in [0.5, 0.6) is 0 Å². The third-order valence-corrected chi connectivity index (χ3v) is 12.3. The minimum Gasteiger partial charge on any atom is -0.480 e. The van der Waals surface area contributed by atoms with Crippen molar-refractivity contribution in [1.29, 1.82) is 0 Å². The number of hydrogen-bond donors (Lipinski definition) is 2. The number of amides is 1. The number of carbonyl (C=O) groups excluding carboxylic acids is 1. The summed E-state index contributed by atoms with van der Waals surface area (Å²) in [6.45, 7) is 3.19. The maximum Gasteiger partial charge on any atom is 0.326 e. The molecule has 1 saturated carbocycles. The van der Waals surface area contributed by atoms with Crippen molar-refractivity contribution in [3.05, 3.63) is 59.2 Å². The molecular formula is C33H46N2O8S2. The number of sulfone groups is 2. The topological polar surface area (TPSA) is 147 Å². The van der Waals surface area contributed by atoms with Gasteiger partial charge in [0.1, 0.15) is 15.9 Å². The van der Waals surface area contributed by atoms with Gasteiger partial charge in [0, 0.05) is 38.1 Å².